The van der Waals surface area contributed by atoms with Crippen molar-refractivity contribution in [2.24, 2.45) is 0 Å². The van der Waals surface area contributed by atoms with Gasteiger partial charge in [0.25, 0.3) is 5.91 Å². The molecule has 3 N–H and O–H groups in total. The number of hydrogen-bond donors (Lipinski definition) is 3. The summed E-state index contributed by atoms with van der Waals surface area (Å²) in [5, 5.41) is 21.2. The van der Waals surface area contributed by atoms with Gasteiger partial charge in [-0.25, -0.2) is 9.80 Å². The van der Waals surface area contributed by atoms with Crippen molar-refractivity contribution in [3.05, 3.63) is 60.2 Å². The van der Waals surface area contributed by atoms with E-state index in [1.165, 1.54) is 11.9 Å². The fourth-order valence-corrected chi connectivity index (χ4v) is 2.05. The van der Waals surface area contributed by atoms with Gasteiger partial charge < -0.3 is 10.4 Å². The van der Waals surface area contributed by atoms with Gasteiger partial charge >= 0.3 is 6.09 Å². The molecule has 7 heteroatoms. The van der Waals surface area contributed by atoms with Crippen molar-refractivity contribution in [2.45, 2.75) is 13.0 Å². The molecule has 7 nitrogen and oxygen atoms in total. The van der Waals surface area contributed by atoms with Crippen LogP contribution < -0.4 is 15.8 Å². The average Bonchev–Trinajstić information content (AvgIpc) is 2.59. The van der Waals surface area contributed by atoms with Gasteiger partial charge in [-0.1, -0.05) is 24.3 Å². The van der Waals surface area contributed by atoms with Crippen molar-refractivity contribution in [3.8, 4) is 6.07 Å². The van der Waals surface area contributed by atoms with E-state index in [0.29, 0.717) is 16.9 Å². The monoisotopic (exact) mass is 324 g/mol. The van der Waals surface area contributed by atoms with Gasteiger partial charge in [0.2, 0.25) is 0 Å². The van der Waals surface area contributed by atoms with E-state index >= 15 is 0 Å². The molecular formula is C17H16N4O3. The number of para-hydroxylation sites is 1. The predicted octanol–water partition coefficient (Wildman–Crippen LogP) is 2.57. The zero-order valence-corrected chi connectivity index (χ0v) is 12.9. The van der Waals surface area contributed by atoms with Gasteiger partial charge in [-0.05, 0) is 37.3 Å². The van der Waals surface area contributed by atoms with Crippen LogP contribution in [0.5, 0.6) is 0 Å². The first-order valence-electron chi connectivity index (χ1n) is 7.16. The molecule has 0 aliphatic carbocycles. The van der Waals surface area contributed by atoms with Crippen LogP contribution in [0.4, 0.5) is 16.2 Å². The van der Waals surface area contributed by atoms with Gasteiger partial charge in [-0.3, -0.25) is 10.2 Å². The summed E-state index contributed by atoms with van der Waals surface area (Å²) in [6.45, 7) is 1.46. The van der Waals surface area contributed by atoms with Crippen LogP contribution in [0.25, 0.3) is 0 Å². The van der Waals surface area contributed by atoms with Crippen molar-refractivity contribution in [1.82, 2.24) is 5.32 Å². The second kappa shape index (κ2) is 7.65. The van der Waals surface area contributed by atoms with E-state index in [4.69, 9.17) is 10.4 Å². The largest absolute Gasteiger partial charge is 0.465 e. The molecule has 24 heavy (non-hydrogen) atoms. The third-order valence-corrected chi connectivity index (χ3v) is 3.18. The molecule has 0 saturated heterocycles. The lowest BCUT2D eigenvalue weighted by molar-refractivity contribution is -0.119. The van der Waals surface area contributed by atoms with Gasteiger partial charge in [0.1, 0.15) is 6.04 Å². The molecule has 0 saturated carbocycles. The third-order valence-electron chi connectivity index (χ3n) is 3.18. The van der Waals surface area contributed by atoms with Crippen molar-refractivity contribution in [2.75, 3.05) is 10.4 Å². The SMILES string of the molecule is C[C@H](NC(=O)O)C(=O)N(Nc1cccc(C#N)c1)c1ccccc1. The minimum absolute atomic E-state index is 0.442. The molecule has 0 bridgehead atoms. The number of nitrogens with zero attached hydrogens (tertiary/aromatic N) is 2. The number of rotatable bonds is 5. The number of amides is 2. The molecule has 2 aromatic rings. The maximum atomic E-state index is 12.6. The van der Waals surface area contributed by atoms with Crippen molar-refractivity contribution in [1.29, 1.82) is 5.26 Å². The van der Waals surface area contributed by atoms with Gasteiger partial charge in [0, 0.05) is 0 Å². The zero-order chi connectivity index (χ0) is 17.5. The molecule has 2 aromatic carbocycles. The molecule has 1 atom stereocenters. The summed E-state index contributed by atoms with van der Waals surface area (Å²) in [5.74, 6) is -0.481. The molecule has 2 rings (SSSR count). The number of hydrazine groups is 1. The van der Waals surface area contributed by atoms with Crippen LogP contribution in [-0.2, 0) is 4.79 Å². The number of anilines is 2. The minimum Gasteiger partial charge on any atom is -0.465 e. The molecule has 2 amide bonds. The highest BCUT2D eigenvalue weighted by atomic mass is 16.4. The summed E-state index contributed by atoms with van der Waals surface area (Å²) in [7, 11) is 0. The highest BCUT2D eigenvalue weighted by Crippen LogP contribution is 2.18. The van der Waals surface area contributed by atoms with Crippen molar-refractivity contribution in [3.63, 3.8) is 0 Å². The Morgan fingerprint density at radius 2 is 1.88 bits per heavy atom. The van der Waals surface area contributed by atoms with Crippen LogP contribution in [0.15, 0.2) is 54.6 Å². The lowest BCUT2D eigenvalue weighted by atomic mass is 10.2. The molecular weight excluding hydrogens is 308 g/mol. The molecule has 0 fully saturated rings. The second-order valence-corrected chi connectivity index (χ2v) is 4.98. The highest BCUT2D eigenvalue weighted by molar-refractivity contribution is 5.99. The van der Waals surface area contributed by atoms with E-state index in [0.717, 1.165) is 0 Å². The lowest BCUT2D eigenvalue weighted by Crippen LogP contribution is -2.49. The summed E-state index contributed by atoms with van der Waals surface area (Å²) in [4.78, 5) is 23.4. The number of nitrogens with one attached hydrogen (secondary N) is 2. The number of hydrogen-bond acceptors (Lipinski definition) is 4. The molecule has 0 radical (unpaired) electrons. The molecule has 0 heterocycles. The zero-order valence-electron chi connectivity index (χ0n) is 12.9. The Balaban J connectivity index is 2.31. The lowest BCUT2D eigenvalue weighted by Gasteiger charge is -2.27. The first kappa shape index (κ1) is 16.8. The topological polar surface area (TPSA) is 105 Å². The number of carboxylic acid groups (broad SMARTS) is 1. The van der Waals surface area contributed by atoms with Crippen molar-refractivity contribution < 1.29 is 14.7 Å². The Morgan fingerprint density at radius 3 is 2.50 bits per heavy atom. The molecule has 0 unspecified atom stereocenters. The summed E-state index contributed by atoms with van der Waals surface area (Å²) >= 11 is 0. The Labute approximate surface area is 139 Å². The predicted molar refractivity (Wildman–Crippen MR) is 89.3 cm³/mol. The van der Waals surface area contributed by atoms with Gasteiger partial charge in [-0.15, -0.1) is 0 Å². The highest BCUT2D eigenvalue weighted by Gasteiger charge is 2.23. The smallest absolute Gasteiger partial charge is 0.405 e. The first-order valence-corrected chi connectivity index (χ1v) is 7.16. The van der Waals surface area contributed by atoms with E-state index in [1.807, 2.05) is 6.07 Å². The second-order valence-electron chi connectivity index (χ2n) is 4.98. The summed E-state index contributed by atoms with van der Waals surface area (Å²) < 4.78 is 0. The summed E-state index contributed by atoms with van der Waals surface area (Å²) in [6, 6.07) is 16.5. The quantitative estimate of drug-likeness (QED) is 0.733. The third kappa shape index (κ3) is 4.24. The molecule has 0 aromatic heterocycles. The van der Waals surface area contributed by atoms with E-state index in [9.17, 15) is 9.59 Å². The average molecular weight is 324 g/mol. The number of carbonyl (C=O) groups excluding carboxylic acids is 1. The maximum Gasteiger partial charge on any atom is 0.405 e. The molecule has 0 aliphatic rings. The Kier molecular flexibility index (Phi) is 5.36. The van der Waals surface area contributed by atoms with Crippen LogP contribution in [0.2, 0.25) is 0 Å². The first-order chi connectivity index (χ1) is 11.5. The standard InChI is InChI=1S/C17H16N4O3/c1-12(19-17(23)24)16(22)21(15-8-3-2-4-9-15)20-14-7-5-6-13(10-14)11-18/h2-10,12,19-20H,1H3,(H,23,24)/t12-/m0/s1. The fourth-order valence-electron chi connectivity index (χ4n) is 2.05. The van der Waals surface area contributed by atoms with E-state index in [-0.39, 0.29) is 0 Å². The Morgan fingerprint density at radius 1 is 1.17 bits per heavy atom. The van der Waals surface area contributed by atoms with Crippen LogP contribution >= 0.6 is 0 Å². The summed E-state index contributed by atoms with van der Waals surface area (Å²) in [6.07, 6.45) is -1.28. The molecule has 122 valence electrons. The maximum absolute atomic E-state index is 12.6. The molecule has 0 aliphatic heterocycles. The Hall–Kier alpha value is -3.53. The van der Waals surface area contributed by atoms with E-state index < -0.39 is 18.0 Å². The minimum atomic E-state index is -1.28. The van der Waals surface area contributed by atoms with Gasteiger partial charge in [0.15, 0.2) is 0 Å². The van der Waals surface area contributed by atoms with E-state index in [2.05, 4.69) is 10.7 Å². The van der Waals surface area contributed by atoms with Gasteiger partial charge in [0.05, 0.1) is 23.0 Å². The van der Waals surface area contributed by atoms with Crippen LogP contribution in [0.1, 0.15) is 12.5 Å². The molecule has 0 spiro atoms. The Bertz CT molecular complexity index is 771. The van der Waals surface area contributed by atoms with Crippen LogP contribution in [0, 0.1) is 11.3 Å². The van der Waals surface area contributed by atoms with E-state index in [1.54, 1.807) is 54.6 Å². The fraction of sp³-hybridized carbons (Fsp3) is 0.118. The van der Waals surface area contributed by atoms with Gasteiger partial charge in [-0.2, -0.15) is 5.26 Å². The number of benzene rings is 2. The van der Waals surface area contributed by atoms with Crippen LogP contribution in [-0.4, -0.2) is 23.1 Å². The summed E-state index contributed by atoms with van der Waals surface area (Å²) in [5.41, 5.74) is 4.45. The number of carbonyl (C=O) groups is 2. The van der Waals surface area contributed by atoms with Crippen LogP contribution in [0.3, 0.4) is 0 Å². The number of nitriles is 1. The normalized spacial score (nSPS) is 11.0. The van der Waals surface area contributed by atoms with Crippen molar-refractivity contribution >= 4 is 23.4 Å².